The first-order valence-corrected chi connectivity index (χ1v) is 9.57. The van der Waals surface area contributed by atoms with Gasteiger partial charge in [-0.1, -0.05) is 18.2 Å². The molecule has 1 aliphatic heterocycles. The number of carbonyl (C=O) groups is 1. The van der Waals surface area contributed by atoms with Crippen molar-refractivity contribution in [3.63, 3.8) is 0 Å². The van der Waals surface area contributed by atoms with Crippen LogP contribution in [0.15, 0.2) is 58.3 Å². The lowest BCUT2D eigenvalue weighted by Gasteiger charge is -2.21. The summed E-state index contributed by atoms with van der Waals surface area (Å²) in [5.41, 5.74) is 1.04. The fraction of sp³-hybridized carbons (Fsp3) is 0.227. The zero-order valence-electron chi connectivity index (χ0n) is 16.7. The summed E-state index contributed by atoms with van der Waals surface area (Å²) >= 11 is 0. The van der Waals surface area contributed by atoms with E-state index in [0.29, 0.717) is 29.3 Å². The molecule has 0 spiro atoms. The molecule has 30 heavy (non-hydrogen) atoms. The molecule has 2 aromatic carbocycles. The van der Waals surface area contributed by atoms with Crippen LogP contribution < -0.4 is 25.6 Å². The summed E-state index contributed by atoms with van der Waals surface area (Å²) in [6.07, 6.45) is 1.18. The largest absolute Gasteiger partial charge is 0.454 e. The highest BCUT2D eigenvalue weighted by Crippen LogP contribution is 2.32. The standard InChI is InChI=1S/C22H21N3O5/c1-3-24(16-6-4-5-14(2)9-16)20(26)17-11-23-22(28)25(21(17)27)12-15-7-8-18-19(10-15)30-13-29-18/h4-11H,3,12-13H2,1-2H3,(H,23,28). The van der Waals surface area contributed by atoms with Gasteiger partial charge in [-0.15, -0.1) is 0 Å². The van der Waals surface area contributed by atoms with E-state index in [0.717, 1.165) is 10.1 Å². The third-order valence-electron chi connectivity index (χ3n) is 4.94. The Kier molecular flexibility index (Phi) is 5.14. The van der Waals surface area contributed by atoms with Crippen molar-refractivity contribution in [1.29, 1.82) is 0 Å². The molecule has 4 rings (SSSR count). The van der Waals surface area contributed by atoms with Crippen molar-refractivity contribution < 1.29 is 14.3 Å². The number of carbonyl (C=O) groups excluding carboxylic acids is 1. The number of aromatic amines is 1. The fourth-order valence-electron chi connectivity index (χ4n) is 3.41. The maximum Gasteiger partial charge on any atom is 0.328 e. The number of rotatable bonds is 5. The van der Waals surface area contributed by atoms with Gasteiger partial charge >= 0.3 is 5.69 Å². The Hall–Kier alpha value is -3.81. The molecule has 0 atom stereocenters. The Morgan fingerprint density at radius 1 is 1.13 bits per heavy atom. The summed E-state index contributed by atoms with van der Waals surface area (Å²) < 4.78 is 11.6. The van der Waals surface area contributed by atoms with E-state index in [-0.39, 0.29) is 18.9 Å². The van der Waals surface area contributed by atoms with Gasteiger partial charge < -0.3 is 19.4 Å². The number of aryl methyl sites for hydroxylation is 1. The van der Waals surface area contributed by atoms with Crippen molar-refractivity contribution in [3.8, 4) is 11.5 Å². The molecule has 0 fully saturated rings. The predicted molar refractivity (Wildman–Crippen MR) is 112 cm³/mol. The van der Waals surface area contributed by atoms with Crippen LogP contribution in [0.3, 0.4) is 0 Å². The third kappa shape index (κ3) is 3.59. The summed E-state index contributed by atoms with van der Waals surface area (Å²) in [5.74, 6) is 0.699. The van der Waals surface area contributed by atoms with E-state index in [4.69, 9.17) is 9.47 Å². The zero-order chi connectivity index (χ0) is 21.3. The highest BCUT2D eigenvalue weighted by atomic mass is 16.7. The average molecular weight is 407 g/mol. The topological polar surface area (TPSA) is 93.6 Å². The number of H-pyrrole nitrogens is 1. The SMILES string of the molecule is CCN(C(=O)c1c[nH]c(=O)n(Cc2ccc3c(c2)OCO3)c1=O)c1cccc(C)c1. The van der Waals surface area contributed by atoms with E-state index in [9.17, 15) is 14.4 Å². The number of hydrogen-bond acceptors (Lipinski definition) is 5. The zero-order valence-corrected chi connectivity index (χ0v) is 16.7. The van der Waals surface area contributed by atoms with Gasteiger partial charge in [0.1, 0.15) is 5.56 Å². The van der Waals surface area contributed by atoms with E-state index in [2.05, 4.69) is 4.98 Å². The van der Waals surface area contributed by atoms with Crippen LogP contribution in [0, 0.1) is 6.92 Å². The van der Waals surface area contributed by atoms with Gasteiger partial charge in [-0.05, 0) is 49.2 Å². The number of amides is 1. The number of nitrogens with zero attached hydrogens (tertiary/aromatic N) is 2. The van der Waals surface area contributed by atoms with E-state index in [1.54, 1.807) is 18.2 Å². The van der Waals surface area contributed by atoms with Crippen molar-refractivity contribution in [1.82, 2.24) is 9.55 Å². The molecule has 0 unspecified atom stereocenters. The van der Waals surface area contributed by atoms with Gasteiger partial charge in [0.05, 0.1) is 6.54 Å². The first-order chi connectivity index (χ1) is 14.5. The summed E-state index contributed by atoms with van der Waals surface area (Å²) in [6.45, 7) is 4.28. The highest BCUT2D eigenvalue weighted by molar-refractivity contribution is 6.05. The molecule has 1 amide bonds. The van der Waals surface area contributed by atoms with E-state index < -0.39 is 17.2 Å². The second-order valence-electron chi connectivity index (χ2n) is 6.97. The number of anilines is 1. The lowest BCUT2D eigenvalue weighted by Crippen LogP contribution is -2.42. The Bertz CT molecular complexity index is 1230. The summed E-state index contributed by atoms with van der Waals surface area (Å²) in [7, 11) is 0. The number of hydrogen-bond donors (Lipinski definition) is 1. The molecule has 0 bridgehead atoms. The van der Waals surface area contributed by atoms with E-state index in [1.165, 1.54) is 11.1 Å². The molecule has 1 aliphatic rings. The van der Waals surface area contributed by atoms with Crippen LogP contribution >= 0.6 is 0 Å². The molecule has 8 nitrogen and oxygen atoms in total. The maximum atomic E-state index is 13.1. The van der Waals surface area contributed by atoms with Crippen LogP contribution in [0.25, 0.3) is 0 Å². The monoisotopic (exact) mass is 407 g/mol. The van der Waals surface area contributed by atoms with Gasteiger partial charge in [0.15, 0.2) is 11.5 Å². The van der Waals surface area contributed by atoms with Crippen LogP contribution in [0.5, 0.6) is 11.5 Å². The van der Waals surface area contributed by atoms with E-state index in [1.807, 2.05) is 38.1 Å². The Balaban J connectivity index is 1.69. The Morgan fingerprint density at radius 3 is 2.70 bits per heavy atom. The van der Waals surface area contributed by atoms with Crippen LogP contribution in [0.2, 0.25) is 0 Å². The summed E-state index contributed by atoms with van der Waals surface area (Å²) in [5, 5.41) is 0. The number of fused-ring (bicyclic) bond motifs is 1. The molecule has 0 saturated carbocycles. The molecule has 8 heteroatoms. The molecule has 2 heterocycles. The van der Waals surface area contributed by atoms with E-state index >= 15 is 0 Å². The first kappa shape index (κ1) is 19.5. The van der Waals surface area contributed by atoms with Crippen molar-refractivity contribution in [2.45, 2.75) is 20.4 Å². The first-order valence-electron chi connectivity index (χ1n) is 9.57. The normalized spacial score (nSPS) is 12.1. The minimum atomic E-state index is -0.646. The van der Waals surface area contributed by atoms with Gasteiger partial charge in [0, 0.05) is 18.4 Å². The fourth-order valence-corrected chi connectivity index (χ4v) is 3.41. The molecule has 0 aliphatic carbocycles. The molecule has 154 valence electrons. The number of ether oxygens (including phenoxy) is 2. The smallest absolute Gasteiger partial charge is 0.328 e. The minimum absolute atomic E-state index is 0.00248. The summed E-state index contributed by atoms with van der Waals surface area (Å²) in [4.78, 5) is 42.5. The van der Waals surface area contributed by atoms with Crippen LogP contribution in [0.4, 0.5) is 5.69 Å². The Morgan fingerprint density at radius 2 is 1.93 bits per heavy atom. The summed E-state index contributed by atoms with van der Waals surface area (Å²) in [6, 6.07) is 12.7. The molecular formula is C22H21N3O5. The average Bonchev–Trinajstić information content (AvgIpc) is 3.19. The van der Waals surface area contributed by atoms with Gasteiger partial charge in [-0.2, -0.15) is 0 Å². The van der Waals surface area contributed by atoms with Gasteiger partial charge in [0.25, 0.3) is 11.5 Å². The van der Waals surface area contributed by atoms with Crippen molar-refractivity contribution >= 4 is 11.6 Å². The Labute approximate surface area is 172 Å². The lowest BCUT2D eigenvalue weighted by atomic mass is 10.1. The number of benzene rings is 2. The molecule has 3 aromatic rings. The quantitative estimate of drug-likeness (QED) is 0.700. The molecule has 0 saturated heterocycles. The van der Waals surface area contributed by atoms with Crippen LogP contribution in [-0.2, 0) is 6.54 Å². The maximum absolute atomic E-state index is 13.1. The molecule has 1 N–H and O–H groups in total. The van der Waals surface area contributed by atoms with Crippen molar-refractivity contribution in [2.24, 2.45) is 0 Å². The van der Waals surface area contributed by atoms with Crippen LogP contribution in [0.1, 0.15) is 28.4 Å². The van der Waals surface area contributed by atoms with Crippen molar-refractivity contribution in [3.05, 3.63) is 86.2 Å². The van der Waals surface area contributed by atoms with Gasteiger partial charge in [-0.25, -0.2) is 4.79 Å². The predicted octanol–water partition coefficient (Wildman–Crippen LogP) is 2.29. The second kappa shape index (κ2) is 7.90. The van der Waals surface area contributed by atoms with Crippen molar-refractivity contribution in [2.75, 3.05) is 18.2 Å². The third-order valence-corrected chi connectivity index (χ3v) is 4.94. The lowest BCUT2D eigenvalue weighted by molar-refractivity contribution is 0.0985. The number of nitrogens with one attached hydrogen (secondary N) is 1. The molecule has 0 radical (unpaired) electrons. The molecule has 1 aromatic heterocycles. The highest BCUT2D eigenvalue weighted by Gasteiger charge is 2.22. The van der Waals surface area contributed by atoms with Gasteiger partial charge in [-0.3, -0.25) is 14.2 Å². The van der Waals surface area contributed by atoms with Crippen LogP contribution in [-0.4, -0.2) is 28.8 Å². The minimum Gasteiger partial charge on any atom is -0.454 e. The second-order valence-corrected chi connectivity index (χ2v) is 6.97. The van der Waals surface area contributed by atoms with Gasteiger partial charge in [0.2, 0.25) is 6.79 Å². The molecular weight excluding hydrogens is 386 g/mol. The number of aromatic nitrogens is 2.